The van der Waals surface area contributed by atoms with E-state index in [1.165, 1.54) is 6.07 Å². The molecule has 1 heterocycles. The minimum absolute atomic E-state index is 0.107. The first-order valence-corrected chi connectivity index (χ1v) is 6.55. The molecule has 2 aromatic rings. The van der Waals surface area contributed by atoms with Crippen LogP contribution < -0.4 is 10.1 Å². The molecular formula is C14H18F2N4O. The van der Waals surface area contributed by atoms with Crippen molar-refractivity contribution in [2.45, 2.75) is 39.5 Å². The van der Waals surface area contributed by atoms with Gasteiger partial charge in [0.05, 0.1) is 24.0 Å². The SMILES string of the molecule is CC(C)(C)n1cc(CNc2ccccc2OC(F)F)nn1. The van der Waals surface area contributed by atoms with Crippen LogP contribution in [0.5, 0.6) is 5.75 Å². The maximum Gasteiger partial charge on any atom is 0.387 e. The van der Waals surface area contributed by atoms with Gasteiger partial charge in [0.2, 0.25) is 0 Å². The topological polar surface area (TPSA) is 52.0 Å². The molecule has 0 atom stereocenters. The van der Waals surface area contributed by atoms with Gasteiger partial charge in [0.15, 0.2) is 0 Å². The van der Waals surface area contributed by atoms with Gasteiger partial charge in [0.25, 0.3) is 0 Å². The van der Waals surface area contributed by atoms with Gasteiger partial charge in [-0.25, -0.2) is 4.68 Å². The number of halogens is 2. The van der Waals surface area contributed by atoms with Crippen LogP contribution in [0.3, 0.4) is 0 Å². The first-order valence-electron chi connectivity index (χ1n) is 6.55. The molecule has 1 N–H and O–H groups in total. The number of nitrogens with one attached hydrogen (secondary N) is 1. The van der Waals surface area contributed by atoms with Crippen molar-refractivity contribution in [3.8, 4) is 5.75 Å². The van der Waals surface area contributed by atoms with Crippen molar-refractivity contribution in [3.05, 3.63) is 36.2 Å². The molecule has 0 aliphatic carbocycles. The highest BCUT2D eigenvalue weighted by atomic mass is 19.3. The molecule has 2 rings (SSSR count). The van der Waals surface area contributed by atoms with Crippen LogP contribution in [0.15, 0.2) is 30.5 Å². The van der Waals surface area contributed by atoms with Gasteiger partial charge in [0, 0.05) is 0 Å². The second-order valence-electron chi connectivity index (χ2n) is 5.55. The molecule has 5 nitrogen and oxygen atoms in total. The van der Waals surface area contributed by atoms with Crippen LogP contribution in [-0.4, -0.2) is 21.6 Å². The van der Waals surface area contributed by atoms with E-state index in [0.717, 1.165) is 5.69 Å². The normalized spacial score (nSPS) is 11.7. The van der Waals surface area contributed by atoms with Gasteiger partial charge in [-0.05, 0) is 32.9 Å². The summed E-state index contributed by atoms with van der Waals surface area (Å²) in [6.07, 6.45) is 1.82. The lowest BCUT2D eigenvalue weighted by Gasteiger charge is -2.17. The average molecular weight is 296 g/mol. The van der Waals surface area contributed by atoms with Crippen LogP contribution in [-0.2, 0) is 12.1 Å². The zero-order valence-corrected chi connectivity index (χ0v) is 12.2. The number of benzene rings is 1. The maximum atomic E-state index is 12.3. The van der Waals surface area contributed by atoms with Gasteiger partial charge in [-0.1, -0.05) is 17.3 Å². The lowest BCUT2D eigenvalue weighted by atomic mass is 10.1. The second-order valence-corrected chi connectivity index (χ2v) is 5.55. The second kappa shape index (κ2) is 6.07. The van der Waals surface area contributed by atoms with Crippen LogP contribution in [0.25, 0.3) is 0 Å². The largest absolute Gasteiger partial charge is 0.433 e. The Hall–Kier alpha value is -2.18. The standard InChI is InChI=1S/C14H18F2N4O/c1-14(2,3)20-9-10(18-19-20)8-17-11-6-4-5-7-12(11)21-13(15)16/h4-7,9,13,17H,8H2,1-3H3. The number of anilines is 1. The molecule has 7 heteroatoms. The van der Waals surface area contributed by atoms with Crippen molar-refractivity contribution in [1.82, 2.24) is 15.0 Å². The fraction of sp³-hybridized carbons (Fsp3) is 0.429. The third kappa shape index (κ3) is 4.14. The van der Waals surface area contributed by atoms with E-state index in [4.69, 9.17) is 0 Å². The Morgan fingerprint density at radius 1 is 1.29 bits per heavy atom. The molecule has 0 unspecified atom stereocenters. The molecule has 0 saturated carbocycles. The van der Waals surface area contributed by atoms with Gasteiger partial charge in [-0.3, -0.25) is 0 Å². The van der Waals surface area contributed by atoms with E-state index in [9.17, 15) is 8.78 Å². The summed E-state index contributed by atoms with van der Waals surface area (Å²) in [6, 6.07) is 6.54. The summed E-state index contributed by atoms with van der Waals surface area (Å²) in [7, 11) is 0. The van der Waals surface area contributed by atoms with Crippen LogP contribution >= 0.6 is 0 Å². The molecule has 0 aliphatic rings. The Morgan fingerprint density at radius 3 is 2.62 bits per heavy atom. The van der Waals surface area contributed by atoms with Crippen molar-refractivity contribution >= 4 is 5.69 Å². The Labute approximate surface area is 121 Å². The summed E-state index contributed by atoms with van der Waals surface area (Å²) in [5, 5.41) is 11.1. The molecular weight excluding hydrogens is 278 g/mol. The van der Waals surface area contributed by atoms with Crippen LogP contribution in [0.2, 0.25) is 0 Å². The maximum absolute atomic E-state index is 12.3. The Bertz CT molecular complexity index is 593. The van der Waals surface area contributed by atoms with Crippen LogP contribution in [0.1, 0.15) is 26.5 Å². The van der Waals surface area contributed by atoms with Crippen molar-refractivity contribution < 1.29 is 13.5 Å². The van der Waals surface area contributed by atoms with E-state index in [0.29, 0.717) is 12.2 Å². The highest BCUT2D eigenvalue weighted by molar-refractivity contribution is 5.56. The predicted molar refractivity (Wildman–Crippen MR) is 75.4 cm³/mol. The number of para-hydroxylation sites is 2. The van der Waals surface area contributed by atoms with E-state index in [2.05, 4.69) is 20.4 Å². The van der Waals surface area contributed by atoms with E-state index in [1.807, 2.05) is 27.0 Å². The van der Waals surface area contributed by atoms with E-state index in [1.54, 1.807) is 22.9 Å². The first kappa shape index (κ1) is 15.2. The third-order valence-electron chi connectivity index (χ3n) is 2.79. The van der Waals surface area contributed by atoms with E-state index >= 15 is 0 Å². The molecule has 114 valence electrons. The molecule has 0 saturated heterocycles. The number of rotatable bonds is 5. The van der Waals surface area contributed by atoms with Gasteiger partial charge >= 0.3 is 6.61 Å². The van der Waals surface area contributed by atoms with Crippen molar-refractivity contribution in [2.75, 3.05) is 5.32 Å². The molecule has 0 aliphatic heterocycles. The predicted octanol–water partition coefficient (Wildman–Crippen LogP) is 3.25. The highest BCUT2D eigenvalue weighted by Crippen LogP contribution is 2.25. The zero-order valence-electron chi connectivity index (χ0n) is 12.2. The summed E-state index contributed by atoms with van der Waals surface area (Å²) in [5.41, 5.74) is 1.06. The van der Waals surface area contributed by atoms with E-state index < -0.39 is 6.61 Å². The third-order valence-corrected chi connectivity index (χ3v) is 2.79. The monoisotopic (exact) mass is 296 g/mol. The zero-order chi connectivity index (χ0) is 15.5. The molecule has 0 amide bonds. The molecule has 21 heavy (non-hydrogen) atoms. The molecule has 0 radical (unpaired) electrons. The van der Waals surface area contributed by atoms with Crippen molar-refractivity contribution in [2.24, 2.45) is 0 Å². The number of hydrogen-bond donors (Lipinski definition) is 1. The molecule has 1 aromatic heterocycles. The fourth-order valence-electron chi connectivity index (χ4n) is 1.70. The van der Waals surface area contributed by atoms with E-state index in [-0.39, 0.29) is 11.3 Å². The minimum Gasteiger partial charge on any atom is -0.433 e. The molecule has 0 spiro atoms. The van der Waals surface area contributed by atoms with Crippen molar-refractivity contribution in [3.63, 3.8) is 0 Å². The summed E-state index contributed by atoms with van der Waals surface area (Å²) in [6.45, 7) is 3.58. The molecule has 0 fully saturated rings. The number of aromatic nitrogens is 3. The van der Waals surface area contributed by atoms with Gasteiger partial charge < -0.3 is 10.1 Å². The number of nitrogens with zero attached hydrogens (tertiary/aromatic N) is 3. The first-order chi connectivity index (χ1) is 9.86. The van der Waals surface area contributed by atoms with Crippen molar-refractivity contribution in [1.29, 1.82) is 0 Å². The average Bonchev–Trinajstić information content (AvgIpc) is 2.86. The number of hydrogen-bond acceptors (Lipinski definition) is 4. The Balaban J connectivity index is 2.05. The summed E-state index contributed by atoms with van der Waals surface area (Å²) < 4.78 is 30.9. The molecule has 1 aromatic carbocycles. The summed E-state index contributed by atoms with van der Waals surface area (Å²) >= 11 is 0. The fourth-order valence-corrected chi connectivity index (χ4v) is 1.70. The highest BCUT2D eigenvalue weighted by Gasteiger charge is 2.15. The summed E-state index contributed by atoms with van der Waals surface area (Å²) in [5.74, 6) is 0.107. The molecule has 0 bridgehead atoms. The lowest BCUT2D eigenvalue weighted by molar-refractivity contribution is -0.0493. The van der Waals surface area contributed by atoms with Gasteiger partial charge in [-0.15, -0.1) is 5.10 Å². The van der Waals surface area contributed by atoms with Crippen LogP contribution in [0, 0.1) is 0 Å². The lowest BCUT2D eigenvalue weighted by Crippen LogP contribution is -2.22. The van der Waals surface area contributed by atoms with Crippen LogP contribution in [0.4, 0.5) is 14.5 Å². The van der Waals surface area contributed by atoms with Gasteiger partial charge in [-0.2, -0.15) is 8.78 Å². The number of ether oxygens (including phenoxy) is 1. The summed E-state index contributed by atoms with van der Waals surface area (Å²) in [4.78, 5) is 0. The Kier molecular flexibility index (Phi) is 4.40. The number of alkyl halides is 2. The minimum atomic E-state index is -2.85. The smallest absolute Gasteiger partial charge is 0.387 e. The Morgan fingerprint density at radius 2 is 2.00 bits per heavy atom. The quantitative estimate of drug-likeness (QED) is 0.920. The van der Waals surface area contributed by atoms with Gasteiger partial charge in [0.1, 0.15) is 11.4 Å².